The Morgan fingerprint density at radius 3 is 2.28 bits per heavy atom. The van der Waals surface area contributed by atoms with E-state index in [1.807, 2.05) is 13.8 Å². The zero-order valence-electron chi connectivity index (χ0n) is 10.2. The smallest absolute Gasteiger partial charge is 0.151 e. The van der Waals surface area contributed by atoms with Gasteiger partial charge in [-0.05, 0) is 12.1 Å². The van der Waals surface area contributed by atoms with Gasteiger partial charge in [0.15, 0.2) is 5.82 Å². The zero-order valence-corrected chi connectivity index (χ0v) is 11.8. The van der Waals surface area contributed by atoms with Gasteiger partial charge in [-0.25, -0.2) is 9.67 Å². The molecule has 2 aromatic rings. The molecule has 0 saturated carbocycles. The van der Waals surface area contributed by atoms with Gasteiger partial charge in [-0.15, -0.1) is 0 Å². The van der Waals surface area contributed by atoms with Crippen LogP contribution in [0.15, 0.2) is 12.1 Å². The summed E-state index contributed by atoms with van der Waals surface area (Å²) in [4.78, 5) is 4.43. The Hall–Kier alpha value is -1.26. The second kappa shape index (κ2) is 5.16. The molecular formula is C12H14Cl2N4. The summed E-state index contributed by atoms with van der Waals surface area (Å²) in [5, 5.41) is 5.37. The van der Waals surface area contributed by atoms with E-state index in [9.17, 15) is 0 Å². The number of aromatic nitrogens is 3. The van der Waals surface area contributed by atoms with E-state index >= 15 is 0 Å². The highest BCUT2D eigenvalue weighted by atomic mass is 35.5. The summed E-state index contributed by atoms with van der Waals surface area (Å²) in [6.45, 7) is 4.02. The summed E-state index contributed by atoms with van der Waals surface area (Å²) in [5.74, 6) is 1.61. The van der Waals surface area contributed by atoms with Gasteiger partial charge in [0.25, 0.3) is 0 Å². The molecule has 4 nitrogen and oxygen atoms in total. The Morgan fingerprint density at radius 1 is 1.17 bits per heavy atom. The highest BCUT2D eigenvalue weighted by Gasteiger charge is 2.15. The Bertz CT molecular complexity index is 554. The van der Waals surface area contributed by atoms with Gasteiger partial charge in [-0.3, -0.25) is 0 Å². The molecule has 0 saturated heterocycles. The average molecular weight is 285 g/mol. The Labute approximate surface area is 116 Å². The molecule has 1 aromatic heterocycles. The number of benzene rings is 1. The van der Waals surface area contributed by atoms with E-state index in [1.165, 1.54) is 0 Å². The van der Waals surface area contributed by atoms with Crippen LogP contribution in [0.1, 0.15) is 25.5 Å². The fraction of sp³-hybridized carbons (Fsp3) is 0.333. The number of anilines is 1. The van der Waals surface area contributed by atoms with E-state index in [0.29, 0.717) is 21.4 Å². The summed E-state index contributed by atoms with van der Waals surface area (Å²) < 4.78 is 1.70. The molecule has 0 atom stereocenters. The third kappa shape index (κ3) is 2.31. The molecule has 2 N–H and O–H groups in total. The highest BCUT2D eigenvalue weighted by Crippen LogP contribution is 2.31. The van der Waals surface area contributed by atoms with Crippen molar-refractivity contribution in [1.29, 1.82) is 0 Å². The normalized spacial score (nSPS) is 10.9. The summed E-state index contributed by atoms with van der Waals surface area (Å²) in [6, 6.07) is 3.32. The molecule has 0 aliphatic heterocycles. The molecule has 0 unspecified atom stereocenters. The molecule has 0 aliphatic carbocycles. The van der Waals surface area contributed by atoms with Crippen LogP contribution in [-0.4, -0.2) is 14.8 Å². The first-order chi connectivity index (χ1) is 8.56. The first kappa shape index (κ1) is 13.2. The van der Waals surface area contributed by atoms with Gasteiger partial charge in [-0.1, -0.05) is 37.0 Å². The van der Waals surface area contributed by atoms with Crippen molar-refractivity contribution >= 4 is 28.9 Å². The van der Waals surface area contributed by atoms with Crippen molar-refractivity contribution in [2.75, 3.05) is 5.73 Å². The molecule has 18 heavy (non-hydrogen) atoms. The van der Waals surface area contributed by atoms with Gasteiger partial charge < -0.3 is 5.73 Å². The summed E-state index contributed by atoms with van der Waals surface area (Å²) >= 11 is 12.4. The maximum atomic E-state index is 6.20. The first-order valence-corrected chi connectivity index (χ1v) is 6.52. The van der Waals surface area contributed by atoms with Crippen molar-refractivity contribution in [3.63, 3.8) is 0 Å². The minimum atomic E-state index is 0.474. The lowest BCUT2D eigenvalue weighted by atomic mass is 10.2. The lowest BCUT2D eigenvalue weighted by Crippen LogP contribution is -2.04. The lowest BCUT2D eigenvalue weighted by molar-refractivity contribution is 0.791. The topological polar surface area (TPSA) is 56.7 Å². The number of nitrogen functional groups attached to an aromatic ring is 1. The SMILES string of the molecule is CCc1nc(CC)n(-c2c(Cl)cc(N)cc2Cl)n1. The third-order valence-corrected chi connectivity index (χ3v) is 3.18. The first-order valence-electron chi connectivity index (χ1n) is 5.76. The Kier molecular flexibility index (Phi) is 3.78. The molecule has 96 valence electrons. The molecule has 0 bridgehead atoms. The van der Waals surface area contributed by atoms with E-state index in [4.69, 9.17) is 28.9 Å². The fourth-order valence-electron chi connectivity index (χ4n) is 1.74. The maximum absolute atomic E-state index is 6.20. The van der Waals surface area contributed by atoms with Crippen LogP contribution >= 0.6 is 23.2 Å². The number of nitrogens with zero attached hydrogens (tertiary/aromatic N) is 3. The fourth-order valence-corrected chi connectivity index (χ4v) is 2.40. The van der Waals surface area contributed by atoms with E-state index < -0.39 is 0 Å². The van der Waals surface area contributed by atoms with E-state index in [2.05, 4.69) is 10.1 Å². The van der Waals surface area contributed by atoms with Crippen molar-refractivity contribution in [2.45, 2.75) is 26.7 Å². The van der Waals surface area contributed by atoms with Gasteiger partial charge in [0.1, 0.15) is 11.5 Å². The van der Waals surface area contributed by atoms with Crippen molar-refractivity contribution in [3.05, 3.63) is 33.8 Å². The third-order valence-electron chi connectivity index (χ3n) is 2.60. The Balaban J connectivity index is 2.64. The van der Waals surface area contributed by atoms with Gasteiger partial charge in [0.05, 0.1) is 10.0 Å². The van der Waals surface area contributed by atoms with Gasteiger partial charge in [0.2, 0.25) is 0 Å². The number of hydrogen-bond donors (Lipinski definition) is 1. The van der Waals surface area contributed by atoms with Crippen molar-refractivity contribution in [1.82, 2.24) is 14.8 Å². The van der Waals surface area contributed by atoms with Gasteiger partial charge in [0, 0.05) is 18.5 Å². The summed E-state index contributed by atoms with van der Waals surface area (Å²) in [7, 11) is 0. The molecule has 2 rings (SSSR count). The minimum Gasteiger partial charge on any atom is -0.399 e. The van der Waals surface area contributed by atoms with Crippen LogP contribution in [0.25, 0.3) is 5.69 Å². The number of nitrogens with two attached hydrogens (primary N) is 1. The van der Waals surface area contributed by atoms with Gasteiger partial charge in [-0.2, -0.15) is 5.10 Å². The average Bonchev–Trinajstić information content (AvgIpc) is 2.71. The van der Waals surface area contributed by atoms with Crippen LogP contribution in [0.2, 0.25) is 10.0 Å². The second-order valence-corrected chi connectivity index (χ2v) is 4.71. The van der Waals surface area contributed by atoms with E-state index in [0.717, 1.165) is 24.5 Å². The quantitative estimate of drug-likeness (QED) is 0.880. The van der Waals surface area contributed by atoms with Crippen LogP contribution in [0.3, 0.4) is 0 Å². The monoisotopic (exact) mass is 284 g/mol. The standard InChI is InChI=1S/C12H14Cl2N4/c1-3-10-16-11(4-2)18(17-10)12-8(13)5-7(15)6-9(12)14/h5-6H,3-4,15H2,1-2H3. The highest BCUT2D eigenvalue weighted by molar-refractivity contribution is 6.38. The van der Waals surface area contributed by atoms with Gasteiger partial charge >= 0.3 is 0 Å². The zero-order chi connectivity index (χ0) is 13.3. The predicted octanol–water partition coefficient (Wildman–Crippen LogP) is 3.28. The van der Waals surface area contributed by atoms with E-state index in [1.54, 1.807) is 16.8 Å². The predicted molar refractivity (Wildman–Crippen MR) is 74.5 cm³/mol. The largest absolute Gasteiger partial charge is 0.399 e. The van der Waals surface area contributed by atoms with Crippen LogP contribution in [0.5, 0.6) is 0 Å². The number of rotatable bonds is 3. The second-order valence-electron chi connectivity index (χ2n) is 3.90. The number of hydrogen-bond acceptors (Lipinski definition) is 3. The molecule has 1 heterocycles. The van der Waals surface area contributed by atoms with Crippen LogP contribution in [-0.2, 0) is 12.8 Å². The molecule has 0 aliphatic rings. The van der Waals surface area contributed by atoms with Crippen molar-refractivity contribution in [3.8, 4) is 5.69 Å². The van der Waals surface area contributed by atoms with Crippen molar-refractivity contribution in [2.24, 2.45) is 0 Å². The Morgan fingerprint density at radius 2 is 1.78 bits per heavy atom. The van der Waals surface area contributed by atoms with Crippen LogP contribution in [0, 0.1) is 0 Å². The molecule has 0 spiro atoms. The van der Waals surface area contributed by atoms with E-state index in [-0.39, 0.29) is 0 Å². The van der Waals surface area contributed by atoms with Crippen LogP contribution < -0.4 is 5.73 Å². The van der Waals surface area contributed by atoms with Crippen LogP contribution in [0.4, 0.5) is 5.69 Å². The molecule has 0 fully saturated rings. The molecule has 1 aromatic carbocycles. The molecular weight excluding hydrogens is 271 g/mol. The maximum Gasteiger partial charge on any atom is 0.151 e. The number of halogens is 2. The molecule has 0 amide bonds. The lowest BCUT2D eigenvalue weighted by Gasteiger charge is -2.09. The minimum absolute atomic E-state index is 0.474. The summed E-state index contributed by atoms with van der Waals surface area (Å²) in [5.41, 5.74) is 6.86. The summed E-state index contributed by atoms with van der Waals surface area (Å²) in [6.07, 6.45) is 1.52. The number of aryl methyl sites for hydroxylation is 2. The molecule has 6 heteroatoms. The van der Waals surface area contributed by atoms with Crippen molar-refractivity contribution < 1.29 is 0 Å². The molecule has 0 radical (unpaired) electrons.